The molecule has 1 amide bonds. The first-order valence-corrected chi connectivity index (χ1v) is 8.35. The lowest BCUT2D eigenvalue weighted by atomic mass is 9.98. The van der Waals surface area contributed by atoms with Crippen molar-refractivity contribution >= 4 is 17.5 Å². The number of nitrogens with zero attached hydrogens (tertiary/aromatic N) is 1. The van der Waals surface area contributed by atoms with E-state index in [4.69, 9.17) is 11.6 Å². The van der Waals surface area contributed by atoms with Crippen molar-refractivity contribution in [3.8, 4) is 0 Å². The molecule has 1 atom stereocenters. The minimum Gasteiger partial charge on any atom is -0.339 e. The zero-order chi connectivity index (χ0) is 14.7. The first-order chi connectivity index (χ1) is 10.2. The number of carbonyl (C=O) groups excluding carboxylic acids is 1. The number of piperidine rings is 1. The van der Waals surface area contributed by atoms with Crippen molar-refractivity contribution in [2.24, 2.45) is 5.92 Å². The van der Waals surface area contributed by atoms with E-state index in [9.17, 15) is 4.79 Å². The van der Waals surface area contributed by atoms with Gasteiger partial charge in [0.1, 0.15) is 0 Å². The van der Waals surface area contributed by atoms with E-state index in [1.54, 1.807) is 0 Å². The number of nitrogens with one attached hydrogen (secondary N) is 1. The number of hydrogen-bond acceptors (Lipinski definition) is 2. The van der Waals surface area contributed by atoms with Gasteiger partial charge in [-0.25, -0.2) is 0 Å². The molecular weight excluding hydrogens is 284 g/mol. The highest BCUT2D eigenvalue weighted by Crippen LogP contribution is 2.29. The van der Waals surface area contributed by atoms with Gasteiger partial charge in [0.2, 0.25) is 5.91 Å². The third-order valence-corrected chi connectivity index (χ3v) is 4.68. The molecule has 1 saturated heterocycles. The van der Waals surface area contributed by atoms with Crippen LogP contribution in [0.1, 0.15) is 31.2 Å². The molecule has 0 radical (unpaired) electrons. The number of carbonyl (C=O) groups is 1. The predicted octanol–water partition coefficient (Wildman–Crippen LogP) is 2.87. The monoisotopic (exact) mass is 306 g/mol. The Morgan fingerprint density at radius 3 is 2.62 bits per heavy atom. The average Bonchev–Trinajstić information content (AvgIpc) is 3.33. The zero-order valence-electron chi connectivity index (χ0n) is 12.4. The summed E-state index contributed by atoms with van der Waals surface area (Å²) in [6.45, 7) is 3.10. The van der Waals surface area contributed by atoms with Crippen molar-refractivity contribution in [1.29, 1.82) is 0 Å². The molecule has 1 N–H and O–H groups in total. The second-order valence-corrected chi connectivity index (χ2v) is 6.73. The molecule has 2 aliphatic rings. The summed E-state index contributed by atoms with van der Waals surface area (Å²) < 4.78 is 0. The van der Waals surface area contributed by atoms with Gasteiger partial charge in [-0.3, -0.25) is 4.79 Å². The van der Waals surface area contributed by atoms with Gasteiger partial charge in [-0.2, -0.15) is 0 Å². The molecule has 1 aromatic rings. The standard InChI is InChI=1S/C17H23ClN2O/c18-15-5-3-13(4-6-15)10-17(21)20(16-7-8-16)12-14-2-1-9-19-11-14/h3-6,14,16,19H,1-2,7-12H2. The molecule has 3 rings (SSSR count). The van der Waals surface area contributed by atoms with E-state index in [2.05, 4.69) is 10.2 Å². The number of hydrogen-bond donors (Lipinski definition) is 1. The van der Waals surface area contributed by atoms with Crippen LogP contribution in [0.3, 0.4) is 0 Å². The molecule has 21 heavy (non-hydrogen) atoms. The molecule has 0 aromatic heterocycles. The van der Waals surface area contributed by atoms with Gasteiger partial charge in [0, 0.05) is 17.6 Å². The van der Waals surface area contributed by atoms with E-state index in [1.807, 2.05) is 24.3 Å². The molecule has 114 valence electrons. The Bertz CT molecular complexity index is 478. The molecule has 0 bridgehead atoms. The van der Waals surface area contributed by atoms with E-state index < -0.39 is 0 Å². The van der Waals surface area contributed by atoms with Crippen LogP contribution in [0.4, 0.5) is 0 Å². The van der Waals surface area contributed by atoms with Gasteiger partial charge in [-0.1, -0.05) is 23.7 Å². The van der Waals surface area contributed by atoms with E-state index >= 15 is 0 Å². The maximum Gasteiger partial charge on any atom is 0.227 e. The van der Waals surface area contributed by atoms with E-state index in [0.717, 1.165) is 30.2 Å². The first-order valence-electron chi connectivity index (χ1n) is 7.97. The SMILES string of the molecule is O=C(Cc1ccc(Cl)cc1)N(CC1CCCNC1)C1CC1. The summed E-state index contributed by atoms with van der Waals surface area (Å²) in [4.78, 5) is 14.8. The maximum absolute atomic E-state index is 12.6. The molecule has 3 nitrogen and oxygen atoms in total. The van der Waals surface area contributed by atoms with Crippen LogP contribution in [-0.2, 0) is 11.2 Å². The minimum atomic E-state index is 0.269. The second-order valence-electron chi connectivity index (χ2n) is 6.29. The Kier molecular flexibility index (Phi) is 4.81. The molecule has 1 aliphatic heterocycles. The Labute approximate surface area is 131 Å². The summed E-state index contributed by atoms with van der Waals surface area (Å²) in [6.07, 6.45) is 5.31. The summed E-state index contributed by atoms with van der Waals surface area (Å²) in [6, 6.07) is 8.11. The van der Waals surface area contributed by atoms with Crippen molar-refractivity contribution in [3.05, 3.63) is 34.9 Å². The van der Waals surface area contributed by atoms with E-state index in [0.29, 0.717) is 18.4 Å². The van der Waals surface area contributed by atoms with E-state index in [-0.39, 0.29) is 5.91 Å². The smallest absolute Gasteiger partial charge is 0.227 e. The zero-order valence-corrected chi connectivity index (χ0v) is 13.1. The van der Waals surface area contributed by atoms with Crippen LogP contribution in [0.2, 0.25) is 5.02 Å². The summed E-state index contributed by atoms with van der Waals surface area (Å²) in [7, 11) is 0. The molecular formula is C17H23ClN2O. The highest BCUT2D eigenvalue weighted by molar-refractivity contribution is 6.30. The van der Waals surface area contributed by atoms with Crippen molar-refractivity contribution in [2.75, 3.05) is 19.6 Å². The van der Waals surface area contributed by atoms with Gasteiger partial charge < -0.3 is 10.2 Å². The molecule has 0 spiro atoms. The topological polar surface area (TPSA) is 32.3 Å². The molecule has 1 aliphatic carbocycles. The van der Waals surface area contributed by atoms with Gasteiger partial charge in [-0.15, -0.1) is 0 Å². The van der Waals surface area contributed by atoms with Crippen LogP contribution in [0, 0.1) is 5.92 Å². The van der Waals surface area contributed by atoms with Crippen LogP contribution in [0.25, 0.3) is 0 Å². The third-order valence-electron chi connectivity index (χ3n) is 4.43. The van der Waals surface area contributed by atoms with Crippen LogP contribution in [0.5, 0.6) is 0 Å². The Morgan fingerprint density at radius 1 is 1.24 bits per heavy atom. The van der Waals surface area contributed by atoms with Crippen molar-refractivity contribution in [2.45, 2.75) is 38.1 Å². The number of amides is 1. The van der Waals surface area contributed by atoms with Crippen molar-refractivity contribution < 1.29 is 4.79 Å². The maximum atomic E-state index is 12.6. The molecule has 2 fully saturated rings. The van der Waals surface area contributed by atoms with E-state index in [1.165, 1.54) is 25.7 Å². The Balaban J connectivity index is 1.60. The molecule has 4 heteroatoms. The van der Waals surface area contributed by atoms with Crippen LogP contribution >= 0.6 is 11.6 Å². The third kappa shape index (κ3) is 4.21. The van der Waals surface area contributed by atoms with Crippen molar-refractivity contribution in [1.82, 2.24) is 10.2 Å². The Morgan fingerprint density at radius 2 is 2.00 bits per heavy atom. The highest BCUT2D eigenvalue weighted by Gasteiger charge is 2.34. The van der Waals surface area contributed by atoms with Crippen LogP contribution < -0.4 is 5.32 Å². The second kappa shape index (κ2) is 6.80. The fraction of sp³-hybridized carbons (Fsp3) is 0.588. The minimum absolute atomic E-state index is 0.269. The van der Waals surface area contributed by atoms with Crippen LogP contribution in [0.15, 0.2) is 24.3 Å². The Hall–Kier alpha value is -1.06. The molecule has 1 unspecified atom stereocenters. The lowest BCUT2D eigenvalue weighted by Crippen LogP contribution is -2.42. The van der Waals surface area contributed by atoms with Crippen molar-refractivity contribution in [3.63, 3.8) is 0 Å². The first kappa shape index (κ1) is 14.9. The summed E-state index contributed by atoms with van der Waals surface area (Å²) in [5.74, 6) is 0.888. The molecule has 1 heterocycles. The van der Waals surface area contributed by atoms with Crippen LogP contribution in [-0.4, -0.2) is 36.5 Å². The normalized spacial score (nSPS) is 22.0. The lowest BCUT2D eigenvalue weighted by molar-refractivity contribution is -0.131. The average molecular weight is 307 g/mol. The summed E-state index contributed by atoms with van der Waals surface area (Å²) in [5, 5.41) is 4.16. The fourth-order valence-electron chi connectivity index (χ4n) is 3.08. The van der Waals surface area contributed by atoms with Gasteiger partial charge >= 0.3 is 0 Å². The molecule has 1 aromatic carbocycles. The fourth-order valence-corrected chi connectivity index (χ4v) is 3.20. The molecule has 1 saturated carbocycles. The van der Waals surface area contributed by atoms with Gasteiger partial charge in [-0.05, 0) is 62.4 Å². The highest BCUT2D eigenvalue weighted by atomic mass is 35.5. The van der Waals surface area contributed by atoms with Gasteiger partial charge in [0.05, 0.1) is 6.42 Å². The number of benzene rings is 1. The summed E-state index contributed by atoms with van der Waals surface area (Å²) in [5.41, 5.74) is 1.05. The number of halogens is 1. The number of rotatable bonds is 5. The summed E-state index contributed by atoms with van der Waals surface area (Å²) >= 11 is 5.90. The predicted molar refractivity (Wildman–Crippen MR) is 85.5 cm³/mol. The van der Waals surface area contributed by atoms with Gasteiger partial charge in [0.25, 0.3) is 0 Å². The van der Waals surface area contributed by atoms with Gasteiger partial charge in [0.15, 0.2) is 0 Å². The largest absolute Gasteiger partial charge is 0.339 e. The lowest BCUT2D eigenvalue weighted by Gasteiger charge is -2.30. The quantitative estimate of drug-likeness (QED) is 0.907.